The minimum Gasteiger partial charge on any atom is -0.387 e. The van der Waals surface area contributed by atoms with Gasteiger partial charge in [0.25, 0.3) is 0 Å². The molecule has 5 heteroatoms. The van der Waals surface area contributed by atoms with E-state index in [1.54, 1.807) is 14.0 Å². The second-order valence-electron chi connectivity index (χ2n) is 4.49. The van der Waals surface area contributed by atoms with Crippen LogP contribution in [0.25, 0.3) is 0 Å². The highest BCUT2D eigenvalue weighted by atomic mass is 16.5. The van der Waals surface area contributed by atoms with Crippen molar-refractivity contribution in [2.24, 2.45) is 5.73 Å². The average molecular weight is 266 g/mol. The van der Waals surface area contributed by atoms with Crippen LogP contribution in [0.5, 0.6) is 0 Å². The van der Waals surface area contributed by atoms with Crippen molar-refractivity contribution >= 4 is 5.91 Å². The fourth-order valence-corrected chi connectivity index (χ4v) is 1.83. The normalized spacial score (nSPS) is 14.3. The molecule has 0 spiro atoms. The lowest BCUT2D eigenvalue weighted by molar-refractivity contribution is -0.123. The zero-order chi connectivity index (χ0) is 14.3. The van der Waals surface area contributed by atoms with Gasteiger partial charge < -0.3 is 15.6 Å². The number of carbonyl (C=O) groups is 1. The molecule has 0 saturated carbocycles. The second kappa shape index (κ2) is 7.89. The van der Waals surface area contributed by atoms with Crippen molar-refractivity contribution in [3.63, 3.8) is 0 Å². The van der Waals surface area contributed by atoms with Crippen molar-refractivity contribution in [1.82, 2.24) is 4.90 Å². The fraction of sp³-hybridized carbons (Fsp3) is 0.500. The van der Waals surface area contributed by atoms with Crippen LogP contribution in [0.1, 0.15) is 18.6 Å². The molecule has 106 valence electrons. The molecular formula is C14H22N2O3. The molecule has 1 aromatic carbocycles. The third kappa shape index (κ3) is 4.98. The highest BCUT2D eigenvalue weighted by Crippen LogP contribution is 2.15. The summed E-state index contributed by atoms with van der Waals surface area (Å²) in [4.78, 5) is 13.1. The van der Waals surface area contributed by atoms with Gasteiger partial charge >= 0.3 is 0 Å². The van der Waals surface area contributed by atoms with Gasteiger partial charge in [-0.3, -0.25) is 9.69 Å². The van der Waals surface area contributed by atoms with Crippen LogP contribution in [-0.4, -0.2) is 48.8 Å². The topological polar surface area (TPSA) is 75.8 Å². The van der Waals surface area contributed by atoms with Crippen molar-refractivity contribution in [3.05, 3.63) is 35.9 Å². The number of hydrogen-bond donors (Lipinski definition) is 2. The summed E-state index contributed by atoms with van der Waals surface area (Å²) < 4.78 is 5.01. The van der Waals surface area contributed by atoms with Gasteiger partial charge in [0.2, 0.25) is 5.91 Å². The van der Waals surface area contributed by atoms with Gasteiger partial charge in [-0.25, -0.2) is 0 Å². The molecule has 0 aromatic heterocycles. The maximum atomic E-state index is 11.3. The van der Waals surface area contributed by atoms with Crippen LogP contribution in [0.3, 0.4) is 0 Å². The van der Waals surface area contributed by atoms with E-state index in [4.69, 9.17) is 10.5 Å². The number of carbonyl (C=O) groups excluding carboxylic acids is 1. The molecule has 5 nitrogen and oxygen atoms in total. The quantitative estimate of drug-likeness (QED) is 0.720. The Bertz CT molecular complexity index is 384. The van der Waals surface area contributed by atoms with E-state index in [0.717, 1.165) is 5.56 Å². The summed E-state index contributed by atoms with van der Waals surface area (Å²) in [7, 11) is 1.60. The number of rotatable bonds is 8. The molecule has 2 unspecified atom stereocenters. The Kier molecular flexibility index (Phi) is 6.49. The lowest BCUT2D eigenvalue weighted by Crippen LogP contribution is -2.45. The van der Waals surface area contributed by atoms with Crippen LogP contribution in [0.2, 0.25) is 0 Å². The van der Waals surface area contributed by atoms with Gasteiger partial charge in [-0.2, -0.15) is 0 Å². The van der Waals surface area contributed by atoms with E-state index in [-0.39, 0.29) is 0 Å². The fourth-order valence-electron chi connectivity index (χ4n) is 1.83. The molecule has 0 bridgehead atoms. The van der Waals surface area contributed by atoms with Gasteiger partial charge in [-0.05, 0) is 12.5 Å². The third-order valence-corrected chi connectivity index (χ3v) is 3.13. The van der Waals surface area contributed by atoms with Crippen LogP contribution in [0.4, 0.5) is 0 Å². The average Bonchev–Trinajstić information content (AvgIpc) is 2.43. The van der Waals surface area contributed by atoms with Crippen LogP contribution in [0.15, 0.2) is 30.3 Å². The van der Waals surface area contributed by atoms with Crippen molar-refractivity contribution < 1.29 is 14.6 Å². The monoisotopic (exact) mass is 266 g/mol. The van der Waals surface area contributed by atoms with Gasteiger partial charge in [0.1, 0.15) is 0 Å². The van der Waals surface area contributed by atoms with Gasteiger partial charge in [-0.15, -0.1) is 0 Å². The predicted molar refractivity (Wildman–Crippen MR) is 73.5 cm³/mol. The molecule has 3 N–H and O–H groups in total. The molecule has 1 amide bonds. The number of nitrogens with two attached hydrogens (primary N) is 1. The zero-order valence-corrected chi connectivity index (χ0v) is 11.5. The molecule has 0 aliphatic heterocycles. The third-order valence-electron chi connectivity index (χ3n) is 3.13. The second-order valence-corrected chi connectivity index (χ2v) is 4.49. The number of amides is 1. The Balaban J connectivity index is 2.68. The first-order valence-electron chi connectivity index (χ1n) is 6.31. The molecule has 0 heterocycles. The van der Waals surface area contributed by atoms with E-state index in [2.05, 4.69) is 0 Å². The Hall–Kier alpha value is -1.43. The van der Waals surface area contributed by atoms with E-state index in [9.17, 15) is 9.90 Å². The van der Waals surface area contributed by atoms with E-state index in [1.807, 2.05) is 35.2 Å². The minimum absolute atomic E-state index is 0.345. The Labute approximate surface area is 114 Å². The summed E-state index contributed by atoms with van der Waals surface area (Å²) in [5.41, 5.74) is 6.14. The number of hydrogen-bond acceptors (Lipinski definition) is 4. The van der Waals surface area contributed by atoms with Gasteiger partial charge in [0.05, 0.1) is 18.8 Å². The molecule has 1 aromatic rings. The van der Waals surface area contributed by atoms with Crippen molar-refractivity contribution in [1.29, 1.82) is 0 Å². The maximum Gasteiger partial charge on any atom is 0.234 e. The van der Waals surface area contributed by atoms with Crippen molar-refractivity contribution in [2.75, 3.05) is 26.8 Å². The Morgan fingerprint density at radius 3 is 2.58 bits per heavy atom. The zero-order valence-electron chi connectivity index (χ0n) is 11.5. The molecule has 1 rings (SSSR count). The SMILES string of the molecule is COCCN(CC(O)c1ccccc1)C(C)C(N)=O. The summed E-state index contributed by atoms with van der Waals surface area (Å²) in [5, 5.41) is 10.2. The summed E-state index contributed by atoms with van der Waals surface area (Å²) in [5.74, 6) is -0.406. The minimum atomic E-state index is -0.653. The molecule has 0 fully saturated rings. The number of aliphatic hydroxyl groups excluding tert-OH is 1. The number of aliphatic hydroxyl groups is 1. The van der Waals surface area contributed by atoms with Crippen molar-refractivity contribution in [3.8, 4) is 0 Å². The molecule has 19 heavy (non-hydrogen) atoms. The molecule has 0 aliphatic carbocycles. The standard InChI is InChI=1S/C14H22N2O3/c1-11(14(15)18)16(8-9-19-2)10-13(17)12-6-4-3-5-7-12/h3-7,11,13,17H,8-10H2,1-2H3,(H2,15,18). The number of nitrogens with zero attached hydrogens (tertiary/aromatic N) is 1. The Morgan fingerprint density at radius 1 is 1.42 bits per heavy atom. The smallest absolute Gasteiger partial charge is 0.234 e. The predicted octanol–water partition coefficient (Wildman–Crippen LogP) is 0.542. The van der Waals surface area contributed by atoms with Crippen LogP contribution >= 0.6 is 0 Å². The highest BCUT2D eigenvalue weighted by molar-refractivity contribution is 5.79. The molecule has 2 atom stereocenters. The molecule has 0 aliphatic rings. The summed E-state index contributed by atoms with van der Waals surface area (Å²) in [6.45, 7) is 3.11. The van der Waals surface area contributed by atoms with Gasteiger partial charge in [0.15, 0.2) is 0 Å². The van der Waals surface area contributed by atoms with Crippen LogP contribution in [-0.2, 0) is 9.53 Å². The Morgan fingerprint density at radius 2 is 2.05 bits per heavy atom. The van der Waals surface area contributed by atoms with Gasteiger partial charge in [0, 0.05) is 20.2 Å². The van der Waals surface area contributed by atoms with E-state index >= 15 is 0 Å². The largest absolute Gasteiger partial charge is 0.387 e. The van der Waals surface area contributed by atoms with E-state index in [0.29, 0.717) is 19.7 Å². The van der Waals surface area contributed by atoms with Gasteiger partial charge in [-0.1, -0.05) is 30.3 Å². The lowest BCUT2D eigenvalue weighted by atomic mass is 10.1. The van der Waals surface area contributed by atoms with E-state index in [1.165, 1.54) is 0 Å². The number of primary amides is 1. The first-order valence-corrected chi connectivity index (χ1v) is 6.31. The maximum absolute atomic E-state index is 11.3. The lowest BCUT2D eigenvalue weighted by Gasteiger charge is -2.28. The summed E-state index contributed by atoms with van der Waals surface area (Å²) in [6.07, 6.45) is -0.653. The first kappa shape index (κ1) is 15.6. The van der Waals surface area contributed by atoms with Crippen LogP contribution in [0, 0.1) is 0 Å². The number of ether oxygens (including phenoxy) is 1. The summed E-state index contributed by atoms with van der Waals surface area (Å²) >= 11 is 0. The number of methoxy groups -OCH3 is 1. The molecule has 0 radical (unpaired) electrons. The van der Waals surface area contributed by atoms with E-state index < -0.39 is 18.1 Å². The summed E-state index contributed by atoms with van der Waals surface area (Å²) in [6, 6.07) is 8.91. The first-order chi connectivity index (χ1) is 9.06. The highest BCUT2D eigenvalue weighted by Gasteiger charge is 2.21. The number of benzene rings is 1. The molecule has 0 saturated heterocycles. The van der Waals surface area contributed by atoms with Crippen LogP contribution < -0.4 is 5.73 Å². The molecular weight excluding hydrogens is 244 g/mol. The van der Waals surface area contributed by atoms with Crippen molar-refractivity contribution in [2.45, 2.75) is 19.1 Å².